The smallest absolute Gasteiger partial charge is 0.240 e. The Bertz CT molecular complexity index is 969. The highest BCUT2D eigenvalue weighted by Gasteiger charge is 2.33. The SMILES string of the molecule is COc1ccc(S(=O)(=O)N[C@H]2CC[C@H](CCNC(=O)Cc3ccccn3)O[C@@H]2CO)cc1. The zero-order valence-corrected chi connectivity index (χ0v) is 18.8. The molecule has 1 aliphatic heterocycles. The standard InChI is InChI=1S/C22H29N3O6S/c1-30-17-5-8-19(9-6-17)32(28,29)25-20-10-7-18(31-21(20)15-26)11-13-24-22(27)14-16-4-2-3-12-23-16/h2-6,8-9,12,18,20-21,25-26H,7,10-11,13-15H2,1H3,(H,24,27)/t18-,20+,21-/m1/s1. The zero-order chi connectivity index (χ0) is 23.0. The average Bonchev–Trinajstić information content (AvgIpc) is 2.80. The lowest BCUT2D eigenvalue weighted by molar-refractivity contribution is -0.121. The third kappa shape index (κ3) is 6.73. The monoisotopic (exact) mass is 463 g/mol. The molecule has 1 saturated heterocycles. The van der Waals surface area contributed by atoms with E-state index in [1.165, 1.54) is 19.2 Å². The number of carbonyl (C=O) groups excluding carboxylic acids is 1. The Morgan fingerprint density at radius 1 is 1.22 bits per heavy atom. The zero-order valence-electron chi connectivity index (χ0n) is 17.9. The van der Waals surface area contributed by atoms with E-state index in [0.717, 1.165) is 0 Å². The fourth-order valence-electron chi connectivity index (χ4n) is 3.60. The van der Waals surface area contributed by atoms with Crippen molar-refractivity contribution in [3.8, 4) is 5.75 Å². The maximum Gasteiger partial charge on any atom is 0.240 e. The first kappa shape index (κ1) is 24.1. The Hall–Kier alpha value is -2.53. The van der Waals surface area contributed by atoms with Crippen molar-refractivity contribution in [3.05, 3.63) is 54.4 Å². The van der Waals surface area contributed by atoms with Gasteiger partial charge in [-0.2, -0.15) is 0 Å². The number of hydrogen-bond donors (Lipinski definition) is 3. The van der Waals surface area contributed by atoms with Gasteiger partial charge in [-0.3, -0.25) is 9.78 Å². The van der Waals surface area contributed by atoms with Crippen LogP contribution in [0.15, 0.2) is 53.6 Å². The van der Waals surface area contributed by atoms with E-state index in [1.807, 2.05) is 6.07 Å². The first-order chi connectivity index (χ1) is 15.4. The van der Waals surface area contributed by atoms with Crippen molar-refractivity contribution in [1.82, 2.24) is 15.0 Å². The summed E-state index contributed by atoms with van der Waals surface area (Å²) < 4.78 is 39.0. The number of aliphatic hydroxyl groups excluding tert-OH is 1. The molecule has 3 atom stereocenters. The molecule has 0 unspecified atom stereocenters. The van der Waals surface area contributed by atoms with Gasteiger partial charge in [0.15, 0.2) is 0 Å². The predicted octanol–water partition coefficient (Wildman–Crippen LogP) is 1.03. The van der Waals surface area contributed by atoms with Crippen molar-refractivity contribution >= 4 is 15.9 Å². The van der Waals surface area contributed by atoms with E-state index in [1.54, 1.807) is 30.5 Å². The van der Waals surface area contributed by atoms with Crippen LogP contribution in [0.2, 0.25) is 0 Å². The van der Waals surface area contributed by atoms with Crippen LogP contribution in [0, 0.1) is 0 Å². The van der Waals surface area contributed by atoms with Gasteiger partial charge in [-0.1, -0.05) is 6.07 Å². The number of pyridine rings is 1. The van der Waals surface area contributed by atoms with Crippen molar-refractivity contribution < 1.29 is 27.8 Å². The molecule has 32 heavy (non-hydrogen) atoms. The maximum absolute atomic E-state index is 12.7. The fraction of sp³-hybridized carbons (Fsp3) is 0.455. The lowest BCUT2D eigenvalue weighted by Crippen LogP contribution is -2.51. The molecule has 10 heteroatoms. The second-order valence-electron chi connectivity index (χ2n) is 7.60. The number of sulfonamides is 1. The Kier molecular flexibility index (Phi) is 8.57. The van der Waals surface area contributed by atoms with Crippen LogP contribution >= 0.6 is 0 Å². The Morgan fingerprint density at radius 3 is 2.66 bits per heavy atom. The molecule has 3 N–H and O–H groups in total. The third-order valence-electron chi connectivity index (χ3n) is 5.33. The molecule has 0 radical (unpaired) electrons. The van der Waals surface area contributed by atoms with E-state index in [2.05, 4.69) is 15.0 Å². The van der Waals surface area contributed by atoms with Crippen LogP contribution in [0.1, 0.15) is 25.0 Å². The second kappa shape index (κ2) is 11.4. The minimum Gasteiger partial charge on any atom is -0.497 e. The number of carbonyl (C=O) groups is 1. The van der Waals surface area contributed by atoms with Crippen LogP contribution in [0.25, 0.3) is 0 Å². The van der Waals surface area contributed by atoms with Crippen LogP contribution in [-0.4, -0.2) is 62.9 Å². The molecule has 9 nitrogen and oxygen atoms in total. The van der Waals surface area contributed by atoms with Gasteiger partial charge in [0.1, 0.15) is 5.75 Å². The number of nitrogens with zero attached hydrogens (tertiary/aromatic N) is 1. The van der Waals surface area contributed by atoms with Crippen molar-refractivity contribution in [2.45, 2.75) is 48.8 Å². The predicted molar refractivity (Wildman–Crippen MR) is 118 cm³/mol. The van der Waals surface area contributed by atoms with Gasteiger partial charge in [0.05, 0.1) is 43.3 Å². The first-order valence-electron chi connectivity index (χ1n) is 10.5. The van der Waals surface area contributed by atoms with Gasteiger partial charge in [0.25, 0.3) is 0 Å². The molecule has 1 aliphatic rings. The molecular weight excluding hydrogens is 434 g/mol. The molecule has 1 amide bonds. The van der Waals surface area contributed by atoms with Crippen LogP contribution in [0.3, 0.4) is 0 Å². The molecule has 0 aliphatic carbocycles. The quantitative estimate of drug-likeness (QED) is 0.480. The number of nitrogens with one attached hydrogen (secondary N) is 2. The summed E-state index contributed by atoms with van der Waals surface area (Å²) in [5.41, 5.74) is 0.700. The Morgan fingerprint density at radius 2 is 2.00 bits per heavy atom. The van der Waals surface area contributed by atoms with Crippen molar-refractivity contribution in [2.75, 3.05) is 20.3 Å². The number of hydrogen-bond acceptors (Lipinski definition) is 7. The van der Waals surface area contributed by atoms with Gasteiger partial charge in [0, 0.05) is 18.4 Å². The van der Waals surface area contributed by atoms with E-state index >= 15 is 0 Å². The van der Waals surface area contributed by atoms with Gasteiger partial charge >= 0.3 is 0 Å². The lowest BCUT2D eigenvalue weighted by Gasteiger charge is -2.36. The molecule has 2 heterocycles. The van der Waals surface area contributed by atoms with E-state index in [0.29, 0.717) is 37.3 Å². The van der Waals surface area contributed by atoms with Crippen LogP contribution in [0.5, 0.6) is 5.75 Å². The minimum atomic E-state index is -3.76. The highest BCUT2D eigenvalue weighted by atomic mass is 32.2. The average molecular weight is 464 g/mol. The minimum absolute atomic E-state index is 0.118. The molecule has 174 valence electrons. The summed E-state index contributed by atoms with van der Waals surface area (Å²) in [7, 11) is -2.25. The highest BCUT2D eigenvalue weighted by Crippen LogP contribution is 2.24. The summed E-state index contributed by atoms with van der Waals surface area (Å²) in [6.45, 7) is 0.120. The molecule has 0 bridgehead atoms. The van der Waals surface area contributed by atoms with Gasteiger partial charge in [-0.05, 0) is 55.7 Å². The van der Waals surface area contributed by atoms with Gasteiger partial charge in [-0.15, -0.1) is 0 Å². The van der Waals surface area contributed by atoms with Crippen molar-refractivity contribution in [1.29, 1.82) is 0 Å². The summed E-state index contributed by atoms with van der Waals surface area (Å²) in [5, 5.41) is 12.6. The maximum atomic E-state index is 12.7. The van der Waals surface area contributed by atoms with Crippen molar-refractivity contribution in [2.24, 2.45) is 0 Å². The van der Waals surface area contributed by atoms with Gasteiger partial charge in [-0.25, -0.2) is 13.1 Å². The number of aliphatic hydroxyl groups is 1. The Labute approximate surface area is 188 Å². The molecule has 3 rings (SSSR count). The van der Waals surface area contributed by atoms with E-state index < -0.39 is 22.2 Å². The van der Waals surface area contributed by atoms with Crippen LogP contribution in [-0.2, 0) is 26.0 Å². The van der Waals surface area contributed by atoms with E-state index in [9.17, 15) is 18.3 Å². The number of benzene rings is 1. The van der Waals surface area contributed by atoms with E-state index in [-0.39, 0.29) is 29.9 Å². The first-order valence-corrected chi connectivity index (χ1v) is 12.0. The number of rotatable bonds is 10. The topological polar surface area (TPSA) is 127 Å². The molecule has 1 aromatic carbocycles. The van der Waals surface area contributed by atoms with Gasteiger partial charge < -0.3 is 19.9 Å². The number of amides is 1. The Balaban J connectivity index is 1.47. The second-order valence-corrected chi connectivity index (χ2v) is 9.31. The summed E-state index contributed by atoms with van der Waals surface area (Å²) >= 11 is 0. The third-order valence-corrected chi connectivity index (χ3v) is 6.83. The summed E-state index contributed by atoms with van der Waals surface area (Å²) in [5.74, 6) is 0.441. The van der Waals surface area contributed by atoms with E-state index in [4.69, 9.17) is 9.47 Å². The lowest BCUT2D eigenvalue weighted by atomic mass is 9.98. The molecule has 1 aromatic heterocycles. The highest BCUT2D eigenvalue weighted by molar-refractivity contribution is 7.89. The largest absolute Gasteiger partial charge is 0.497 e. The molecular formula is C22H29N3O6S. The number of aromatic nitrogens is 1. The number of methoxy groups -OCH3 is 1. The van der Waals surface area contributed by atoms with Crippen LogP contribution in [0.4, 0.5) is 0 Å². The molecule has 2 aromatic rings. The fourth-order valence-corrected chi connectivity index (χ4v) is 4.90. The molecule has 0 spiro atoms. The van der Waals surface area contributed by atoms with Gasteiger partial charge in [0.2, 0.25) is 15.9 Å². The summed E-state index contributed by atoms with van der Waals surface area (Å²) in [6, 6.07) is 11.0. The van der Waals surface area contributed by atoms with Crippen molar-refractivity contribution in [3.63, 3.8) is 0 Å². The molecule has 0 saturated carbocycles. The summed E-state index contributed by atoms with van der Waals surface area (Å²) in [6.07, 6.45) is 2.72. The number of ether oxygens (including phenoxy) is 2. The molecule has 1 fully saturated rings. The van der Waals surface area contributed by atoms with Crippen LogP contribution < -0.4 is 14.8 Å². The normalized spacial score (nSPS) is 21.1. The summed E-state index contributed by atoms with van der Waals surface area (Å²) in [4.78, 5) is 16.3.